The van der Waals surface area contributed by atoms with Crippen molar-refractivity contribution in [3.63, 3.8) is 0 Å². The topological polar surface area (TPSA) is 183 Å². The summed E-state index contributed by atoms with van der Waals surface area (Å²) in [6.45, 7) is 0. The lowest BCUT2D eigenvalue weighted by Crippen LogP contribution is -2.24. The molecule has 0 saturated heterocycles. The van der Waals surface area contributed by atoms with Crippen molar-refractivity contribution in [1.29, 1.82) is 0 Å². The molecular formula is C42H24O10S4. The van der Waals surface area contributed by atoms with Gasteiger partial charge in [0.25, 0.3) is 0 Å². The van der Waals surface area contributed by atoms with Crippen molar-refractivity contribution in [3.8, 4) is 0 Å². The molecule has 6 aromatic rings. The molecule has 0 saturated carbocycles. The molecular weight excluding hydrogens is 793 g/mol. The van der Waals surface area contributed by atoms with E-state index in [2.05, 4.69) is 0 Å². The Morgan fingerprint density at radius 3 is 0.696 bits per heavy atom. The van der Waals surface area contributed by atoms with Crippen LogP contribution in [-0.4, -0.2) is 55.9 Å². The van der Waals surface area contributed by atoms with Gasteiger partial charge in [-0.2, -0.15) is 0 Å². The van der Waals surface area contributed by atoms with Crippen LogP contribution < -0.4 is 0 Å². The molecule has 6 aromatic carbocycles. The van der Waals surface area contributed by atoms with Crippen molar-refractivity contribution >= 4 is 82.5 Å². The highest BCUT2D eigenvalue weighted by Crippen LogP contribution is 2.49. The molecule has 276 valence electrons. The Hall–Kier alpha value is -6.06. The average Bonchev–Trinajstić information content (AvgIpc) is 3.18. The van der Waals surface area contributed by atoms with Crippen molar-refractivity contribution in [2.45, 2.75) is 39.2 Å². The van der Waals surface area contributed by atoms with E-state index in [1.807, 2.05) is 0 Å². The number of benzene rings is 6. The average molecular weight is 817 g/mol. The maximum atomic E-state index is 15.3. The predicted octanol–water partition coefficient (Wildman–Crippen LogP) is 9.86. The Balaban J connectivity index is 1.49. The van der Waals surface area contributed by atoms with Crippen LogP contribution in [0.3, 0.4) is 0 Å². The third kappa shape index (κ3) is 7.34. The number of carboxylic acid groups (broad SMARTS) is 4. The SMILES string of the molecule is O=C(O)c1ccccc1Sc1ccc(Sc2ccccc2C(=O)O)c2c1C(=O)c1c(Sc3ccccc3C(=O)O)ccc(Sc3ccccc3C(=O)O)c1C2=O. The fourth-order valence-corrected chi connectivity index (χ4v) is 10.4. The second-order valence-corrected chi connectivity index (χ2v) is 16.2. The number of fused-ring (bicyclic) bond motifs is 2. The number of carboxylic acids is 4. The molecule has 10 nitrogen and oxygen atoms in total. The lowest BCUT2D eigenvalue weighted by Gasteiger charge is -2.26. The lowest BCUT2D eigenvalue weighted by molar-refractivity contribution is 0.0682. The van der Waals surface area contributed by atoms with Crippen LogP contribution >= 0.6 is 47.0 Å². The summed E-state index contributed by atoms with van der Waals surface area (Å²) >= 11 is 3.91. The van der Waals surface area contributed by atoms with Crippen molar-refractivity contribution in [2.24, 2.45) is 0 Å². The quantitative estimate of drug-likeness (QED) is 0.0914. The number of ketones is 2. The normalized spacial score (nSPS) is 11.8. The molecule has 1 aliphatic carbocycles. The fraction of sp³-hybridized carbons (Fsp3) is 0. The molecule has 0 amide bonds. The molecule has 7 rings (SSSR count). The molecule has 0 spiro atoms. The Morgan fingerprint density at radius 1 is 0.304 bits per heavy atom. The summed E-state index contributed by atoms with van der Waals surface area (Å²) in [5, 5.41) is 39.8. The fourth-order valence-electron chi connectivity index (χ4n) is 6.02. The first-order chi connectivity index (χ1) is 26.9. The Labute approximate surface area is 335 Å². The van der Waals surface area contributed by atoms with Gasteiger partial charge in [0.15, 0.2) is 11.6 Å². The van der Waals surface area contributed by atoms with Gasteiger partial charge in [0, 0.05) is 61.4 Å². The van der Waals surface area contributed by atoms with Crippen molar-refractivity contribution in [2.75, 3.05) is 0 Å². The molecule has 14 heteroatoms. The minimum atomic E-state index is -1.20. The summed E-state index contributed by atoms with van der Waals surface area (Å²) in [6.07, 6.45) is 0. The van der Waals surface area contributed by atoms with E-state index in [-0.39, 0.29) is 64.1 Å². The van der Waals surface area contributed by atoms with E-state index in [9.17, 15) is 39.6 Å². The number of rotatable bonds is 12. The first-order valence-corrected chi connectivity index (χ1v) is 19.6. The van der Waals surface area contributed by atoms with E-state index in [4.69, 9.17) is 0 Å². The van der Waals surface area contributed by atoms with E-state index in [1.54, 1.807) is 97.1 Å². The standard InChI is InChI=1S/C42H24O10S4/c43-37-33-29(53-25-13-5-1-9-21(25)39(45)46)17-18-30(54-26-14-6-2-10-22(26)40(47)48)34(33)38(44)36-32(56-28-16-8-4-12-24(28)42(51)52)20-19-31(35(36)37)55-27-15-7-3-11-23(27)41(49)50/h1-20H,(H,45,46)(H,47,48)(H,49,50)(H,51,52). The number of hydrogen-bond acceptors (Lipinski definition) is 10. The summed E-state index contributed by atoms with van der Waals surface area (Å²) in [6, 6.07) is 31.1. The van der Waals surface area contributed by atoms with Gasteiger partial charge in [0.05, 0.1) is 22.3 Å². The zero-order chi connectivity index (χ0) is 39.7. The zero-order valence-electron chi connectivity index (χ0n) is 28.4. The van der Waals surface area contributed by atoms with Gasteiger partial charge in [-0.3, -0.25) is 9.59 Å². The maximum absolute atomic E-state index is 15.3. The van der Waals surface area contributed by atoms with Gasteiger partial charge >= 0.3 is 23.9 Å². The number of carbonyl (C=O) groups excluding carboxylic acids is 2. The van der Waals surface area contributed by atoms with Crippen LogP contribution in [0.5, 0.6) is 0 Å². The van der Waals surface area contributed by atoms with Crippen LogP contribution in [0, 0.1) is 0 Å². The highest BCUT2D eigenvalue weighted by atomic mass is 32.2. The minimum absolute atomic E-state index is 0.0348. The van der Waals surface area contributed by atoms with Crippen LogP contribution in [0.15, 0.2) is 160 Å². The van der Waals surface area contributed by atoms with Crippen molar-refractivity contribution in [1.82, 2.24) is 0 Å². The summed E-state index contributed by atoms with van der Waals surface area (Å²) in [5.41, 5.74) is -0.336. The van der Waals surface area contributed by atoms with Gasteiger partial charge < -0.3 is 20.4 Å². The summed E-state index contributed by atoms with van der Waals surface area (Å²) in [4.78, 5) is 81.5. The highest BCUT2D eigenvalue weighted by molar-refractivity contribution is 8.00. The van der Waals surface area contributed by atoms with E-state index in [1.165, 1.54) is 24.3 Å². The third-order valence-electron chi connectivity index (χ3n) is 8.52. The molecule has 0 bridgehead atoms. The molecule has 4 N–H and O–H groups in total. The number of carbonyl (C=O) groups is 6. The molecule has 1 aliphatic rings. The Bertz CT molecular complexity index is 2310. The van der Waals surface area contributed by atoms with Crippen molar-refractivity contribution < 1.29 is 49.2 Å². The summed E-state index contributed by atoms with van der Waals surface area (Å²) in [7, 11) is 0. The van der Waals surface area contributed by atoms with E-state index in [0.717, 1.165) is 47.0 Å². The molecule has 0 radical (unpaired) electrons. The van der Waals surface area contributed by atoms with Gasteiger partial charge in [0.2, 0.25) is 0 Å². The second kappa shape index (κ2) is 16.0. The van der Waals surface area contributed by atoms with Gasteiger partial charge in [-0.15, -0.1) is 0 Å². The highest BCUT2D eigenvalue weighted by Gasteiger charge is 2.39. The molecule has 0 atom stereocenters. The maximum Gasteiger partial charge on any atom is 0.336 e. The largest absolute Gasteiger partial charge is 0.478 e. The third-order valence-corrected chi connectivity index (χ3v) is 13.1. The first-order valence-electron chi connectivity index (χ1n) is 16.4. The number of hydrogen-bond donors (Lipinski definition) is 4. The zero-order valence-corrected chi connectivity index (χ0v) is 31.7. The molecule has 0 unspecified atom stereocenters. The first kappa shape index (κ1) is 38.2. The smallest absolute Gasteiger partial charge is 0.336 e. The van der Waals surface area contributed by atoms with Crippen LogP contribution in [0.2, 0.25) is 0 Å². The van der Waals surface area contributed by atoms with Crippen LogP contribution in [0.1, 0.15) is 73.3 Å². The van der Waals surface area contributed by atoms with Gasteiger partial charge in [-0.05, 0) is 72.8 Å². The summed E-state index contributed by atoms with van der Waals surface area (Å²) in [5.74, 6) is -6.05. The van der Waals surface area contributed by atoms with Crippen LogP contribution in [-0.2, 0) is 0 Å². The monoisotopic (exact) mass is 816 g/mol. The van der Waals surface area contributed by atoms with E-state index >= 15 is 9.59 Å². The van der Waals surface area contributed by atoms with E-state index in [0.29, 0.717) is 19.6 Å². The van der Waals surface area contributed by atoms with Gasteiger partial charge in [-0.1, -0.05) is 95.6 Å². The summed E-state index contributed by atoms with van der Waals surface area (Å²) < 4.78 is 0. The molecule has 0 heterocycles. The molecule has 0 aliphatic heterocycles. The number of aromatic carboxylic acids is 4. The van der Waals surface area contributed by atoms with Gasteiger partial charge in [0.1, 0.15) is 0 Å². The van der Waals surface area contributed by atoms with Crippen LogP contribution in [0.4, 0.5) is 0 Å². The Kier molecular flexibility index (Phi) is 10.9. The molecule has 0 fully saturated rings. The van der Waals surface area contributed by atoms with Crippen molar-refractivity contribution in [3.05, 3.63) is 166 Å². The van der Waals surface area contributed by atoms with E-state index < -0.39 is 35.4 Å². The molecule has 0 aromatic heterocycles. The lowest BCUT2D eigenvalue weighted by atomic mass is 9.84. The Morgan fingerprint density at radius 2 is 0.500 bits per heavy atom. The second-order valence-electron chi connectivity index (χ2n) is 11.9. The minimum Gasteiger partial charge on any atom is -0.478 e. The predicted molar refractivity (Wildman–Crippen MR) is 210 cm³/mol. The van der Waals surface area contributed by atoms with Gasteiger partial charge in [-0.25, -0.2) is 19.2 Å². The molecule has 56 heavy (non-hydrogen) atoms. The van der Waals surface area contributed by atoms with Crippen LogP contribution in [0.25, 0.3) is 0 Å².